The maximum absolute atomic E-state index is 12.6. The molecule has 126 valence electrons. The van der Waals surface area contributed by atoms with Crippen LogP contribution in [0, 0.1) is 0 Å². The summed E-state index contributed by atoms with van der Waals surface area (Å²) in [5.74, 6) is -0.431. The number of aliphatic carboxylic acids is 1. The minimum atomic E-state index is -3.90. The Morgan fingerprint density at radius 1 is 1.12 bits per heavy atom. The maximum Gasteiger partial charge on any atom is 0.307 e. The number of hydrogen-bond acceptors (Lipinski definition) is 5. The third-order valence-electron chi connectivity index (χ3n) is 3.35. The number of para-hydroxylation sites is 1. The maximum atomic E-state index is 12.6. The largest absolute Gasteiger partial charge is 0.486 e. The van der Waals surface area contributed by atoms with Crippen LogP contribution in [-0.2, 0) is 21.2 Å². The smallest absolute Gasteiger partial charge is 0.307 e. The van der Waals surface area contributed by atoms with Crippen LogP contribution >= 0.6 is 0 Å². The van der Waals surface area contributed by atoms with Crippen LogP contribution in [-0.4, -0.2) is 32.7 Å². The third kappa shape index (κ3) is 3.43. The summed E-state index contributed by atoms with van der Waals surface area (Å²) in [4.78, 5) is 10.8. The van der Waals surface area contributed by atoms with Crippen molar-refractivity contribution in [3.05, 3.63) is 48.0 Å². The molecule has 0 aliphatic carbocycles. The van der Waals surface area contributed by atoms with Crippen molar-refractivity contribution in [2.24, 2.45) is 0 Å². The van der Waals surface area contributed by atoms with Gasteiger partial charge in [-0.15, -0.1) is 0 Å². The summed E-state index contributed by atoms with van der Waals surface area (Å²) in [6.45, 7) is 0.634. The third-order valence-corrected chi connectivity index (χ3v) is 4.76. The first kappa shape index (κ1) is 16.1. The molecule has 0 aromatic heterocycles. The van der Waals surface area contributed by atoms with Gasteiger partial charge in [-0.25, -0.2) is 8.42 Å². The van der Waals surface area contributed by atoms with E-state index in [1.165, 1.54) is 12.1 Å². The number of fused-ring (bicyclic) bond motifs is 1. The van der Waals surface area contributed by atoms with Gasteiger partial charge in [0.15, 0.2) is 11.5 Å². The summed E-state index contributed by atoms with van der Waals surface area (Å²) < 4.78 is 38.6. The number of benzene rings is 2. The molecule has 0 saturated carbocycles. The zero-order valence-corrected chi connectivity index (χ0v) is 13.4. The quantitative estimate of drug-likeness (QED) is 0.855. The van der Waals surface area contributed by atoms with Gasteiger partial charge in [-0.05, 0) is 29.8 Å². The molecule has 0 spiro atoms. The predicted molar refractivity (Wildman–Crippen MR) is 86.0 cm³/mol. The molecule has 2 N–H and O–H groups in total. The van der Waals surface area contributed by atoms with Crippen LogP contribution in [0.25, 0.3) is 0 Å². The van der Waals surface area contributed by atoms with Crippen LogP contribution in [0.3, 0.4) is 0 Å². The van der Waals surface area contributed by atoms with E-state index < -0.39 is 16.0 Å². The van der Waals surface area contributed by atoms with Crippen molar-refractivity contribution in [1.29, 1.82) is 0 Å². The number of ether oxygens (including phenoxy) is 2. The van der Waals surface area contributed by atoms with Gasteiger partial charge in [-0.2, -0.15) is 0 Å². The van der Waals surface area contributed by atoms with Crippen molar-refractivity contribution >= 4 is 21.7 Å². The summed E-state index contributed by atoms with van der Waals surface area (Å²) in [7, 11) is -3.90. The van der Waals surface area contributed by atoms with Gasteiger partial charge in [0.2, 0.25) is 0 Å². The molecule has 0 atom stereocenters. The number of carbonyl (C=O) groups is 1. The highest BCUT2D eigenvalue weighted by Crippen LogP contribution is 2.37. The van der Waals surface area contributed by atoms with Crippen molar-refractivity contribution in [2.45, 2.75) is 11.3 Å². The van der Waals surface area contributed by atoms with Crippen molar-refractivity contribution < 1.29 is 27.8 Å². The van der Waals surface area contributed by atoms with Gasteiger partial charge in [0.25, 0.3) is 10.0 Å². The van der Waals surface area contributed by atoms with E-state index in [1.54, 1.807) is 30.3 Å². The summed E-state index contributed by atoms with van der Waals surface area (Å²) in [5.41, 5.74) is 0.778. The number of rotatable bonds is 5. The SMILES string of the molecule is O=C(O)Cc1cccc(NS(=O)(=O)c2cccc3c2OCCO3)c1. The summed E-state index contributed by atoms with van der Waals surface area (Å²) in [6, 6.07) is 10.9. The fraction of sp³-hybridized carbons (Fsp3) is 0.188. The minimum Gasteiger partial charge on any atom is -0.486 e. The van der Waals surface area contributed by atoms with E-state index in [9.17, 15) is 13.2 Å². The number of carboxylic acid groups (broad SMARTS) is 1. The van der Waals surface area contributed by atoms with E-state index in [2.05, 4.69) is 4.72 Å². The monoisotopic (exact) mass is 349 g/mol. The molecule has 8 heteroatoms. The first-order chi connectivity index (χ1) is 11.5. The predicted octanol–water partition coefficient (Wildman–Crippen LogP) is 1.89. The van der Waals surface area contributed by atoms with Gasteiger partial charge < -0.3 is 14.6 Å². The summed E-state index contributed by atoms with van der Waals surface area (Å²) in [6.07, 6.45) is -0.187. The molecule has 2 aromatic rings. The van der Waals surface area contributed by atoms with Crippen LogP contribution in [0.5, 0.6) is 11.5 Å². The topological polar surface area (TPSA) is 102 Å². The van der Waals surface area contributed by atoms with Gasteiger partial charge in [0, 0.05) is 5.69 Å². The van der Waals surface area contributed by atoms with Crippen LogP contribution in [0.2, 0.25) is 0 Å². The Bertz CT molecular complexity index is 878. The van der Waals surface area contributed by atoms with Gasteiger partial charge in [0.1, 0.15) is 18.1 Å². The van der Waals surface area contributed by atoms with E-state index >= 15 is 0 Å². The van der Waals surface area contributed by atoms with E-state index in [0.717, 1.165) is 0 Å². The summed E-state index contributed by atoms with van der Waals surface area (Å²) >= 11 is 0. The van der Waals surface area contributed by atoms with Gasteiger partial charge >= 0.3 is 5.97 Å². The normalized spacial score (nSPS) is 13.3. The summed E-state index contributed by atoms with van der Waals surface area (Å²) in [5, 5.41) is 8.83. The van der Waals surface area contributed by atoms with Crippen molar-refractivity contribution in [3.8, 4) is 11.5 Å². The Kier molecular flexibility index (Phi) is 4.30. The van der Waals surface area contributed by atoms with E-state index in [1.807, 2.05) is 0 Å². The lowest BCUT2D eigenvalue weighted by atomic mass is 10.1. The standard InChI is InChI=1S/C16H15NO6S/c18-15(19)10-11-3-1-4-12(9-11)17-24(20,21)14-6-2-5-13-16(14)23-8-7-22-13/h1-6,9,17H,7-8,10H2,(H,18,19). The molecule has 3 rings (SSSR count). The van der Waals surface area contributed by atoms with Crippen LogP contribution in [0.1, 0.15) is 5.56 Å². The van der Waals surface area contributed by atoms with Gasteiger partial charge in [0.05, 0.1) is 6.42 Å². The molecule has 2 aromatic carbocycles. The second kappa shape index (κ2) is 6.40. The van der Waals surface area contributed by atoms with Gasteiger partial charge in [-0.3, -0.25) is 9.52 Å². The molecule has 0 radical (unpaired) electrons. The molecule has 0 bridgehead atoms. The lowest BCUT2D eigenvalue weighted by Crippen LogP contribution is -2.20. The Labute approximate surface area is 138 Å². The number of carboxylic acids is 1. The second-order valence-electron chi connectivity index (χ2n) is 5.16. The highest BCUT2D eigenvalue weighted by Gasteiger charge is 2.25. The van der Waals surface area contributed by atoms with E-state index in [-0.39, 0.29) is 29.4 Å². The Balaban J connectivity index is 1.91. The van der Waals surface area contributed by atoms with Crippen LogP contribution in [0.4, 0.5) is 5.69 Å². The molecule has 0 fully saturated rings. The van der Waals surface area contributed by atoms with Crippen LogP contribution in [0.15, 0.2) is 47.4 Å². The molecular weight excluding hydrogens is 334 g/mol. The molecule has 0 amide bonds. The van der Waals surface area contributed by atoms with E-state index in [4.69, 9.17) is 14.6 Å². The van der Waals surface area contributed by atoms with Crippen LogP contribution < -0.4 is 14.2 Å². The lowest BCUT2D eigenvalue weighted by Gasteiger charge is -2.21. The molecule has 24 heavy (non-hydrogen) atoms. The fourth-order valence-corrected chi connectivity index (χ4v) is 3.60. The van der Waals surface area contributed by atoms with Crippen molar-refractivity contribution in [2.75, 3.05) is 17.9 Å². The first-order valence-corrected chi connectivity index (χ1v) is 8.66. The molecular formula is C16H15NO6S. The zero-order valence-electron chi connectivity index (χ0n) is 12.6. The number of hydrogen-bond donors (Lipinski definition) is 2. The zero-order chi connectivity index (χ0) is 17.2. The van der Waals surface area contributed by atoms with Gasteiger partial charge in [-0.1, -0.05) is 18.2 Å². The Morgan fingerprint density at radius 3 is 2.67 bits per heavy atom. The first-order valence-electron chi connectivity index (χ1n) is 7.18. The highest BCUT2D eigenvalue weighted by molar-refractivity contribution is 7.92. The molecule has 1 aliphatic rings. The highest BCUT2D eigenvalue weighted by atomic mass is 32.2. The van der Waals surface area contributed by atoms with E-state index in [0.29, 0.717) is 17.9 Å². The average molecular weight is 349 g/mol. The molecule has 7 nitrogen and oxygen atoms in total. The number of sulfonamides is 1. The Morgan fingerprint density at radius 2 is 1.88 bits per heavy atom. The number of anilines is 1. The average Bonchev–Trinajstić information content (AvgIpc) is 2.53. The molecule has 1 aliphatic heterocycles. The molecule has 1 heterocycles. The molecule has 0 saturated heterocycles. The van der Waals surface area contributed by atoms with Crippen molar-refractivity contribution in [3.63, 3.8) is 0 Å². The molecule has 0 unspecified atom stereocenters. The Hall–Kier alpha value is -2.74. The minimum absolute atomic E-state index is 0.0247. The van der Waals surface area contributed by atoms with Crippen molar-refractivity contribution in [1.82, 2.24) is 0 Å². The number of nitrogens with one attached hydrogen (secondary N) is 1. The lowest BCUT2D eigenvalue weighted by molar-refractivity contribution is -0.136. The second-order valence-corrected chi connectivity index (χ2v) is 6.81. The fourth-order valence-electron chi connectivity index (χ4n) is 2.39.